The first kappa shape index (κ1) is 12.1. The van der Waals surface area contributed by atoms with Crippen LogP contribution in [0.2, 0.25) is 0 Å². The van der Waals surface area contributed by atoms with Gasteiger partial charge in [-0.1, -0.05) is 0 Å². The van der Waals surface area contributed by atoms with E-state index < -0.39 is 11.6 Å². The van der Waals surface area contributed by atoms with Gasteiger partial charge < -0.3 is 5.11 Å². The maximum atomic E-state index is 11.6. The largest absolute Gasteiger partial charge is 0.389 e. The zero-order valence-corrected chi connectivity index (χ0v) is 9.65. The molecule has 1 rings (SSSR count). The Balaban J connectivity index is 2.66. The molecule has 1 N–H and O–H groups in total. The zero-order valence-electron chi connectivity index (χ0n) is 9.65. The summed E-state index contributed by atoms with van der Waals surface area (Å²) in [6.07, 6.45) is 0.210. The smallest absolute Gasteiger partial charge is 0.246 e. The van der Waals surface area contributed by atoms with Gasteiger partial charge in [0.1, 0.15) is 0 Å². The molecule has 0 aromatic rings. The fourth-order valence-corrected chi connectivity index (χ4v) is 1.80. The van der Waals surface area contributed by atoms with Gasteiger partial charge >= 0.3 is 0 Å². The van der Waals surface area contributed by atoms with Crippen molar-refractivity contribution < 1.29 is 14.7 Å². The molecule has 0 spiro atoms. The van der Waals surface area contributed by atoms with E-state index in [2.05, 4.69) is 0 Å². The Morgan fingerprint density at radius 3 is 2.40 bits per heavy atom. The normalized spacial score (nSPS) is 23.1. The molecule has 1 atom stereocenters. The van der Waals surface area contributed by atoms with Crippen molar-refractivity contribution in [1.82, 2.24) is 9.80 Å². The molecule has 1 aliphatic heterocycles. The van der Waals surface area contributed by atoms with Crippen LogP contribution >= 0.6 is 0 Å². The van der Waals surface area contributed by atoms with Gasteiger partial charge in [0.15, 0.2) is 0 Å². The quantitative estimate of drug-likeness (QED) is 0.640. The minimum atomic E-state index is -0.862. The highest BCUT2D eigenvalue weighted by Crippen LogP contribution is 2.17. The molecule has 0 bridgehead atoms. The summed E-state index contributed by atoms with van der Waals surface area (Å²) in [4.78, 5) is 25.8. The molecule has 5 heteroatoms. The van der Waals surface area contributed by atoms with Gasteiger partial charge in [0.05, 0.1) is 18.1 Å². The van der Waals surface area contributed by atoms with E-state index in [0.717, 1.165) is 4.90 Å². The number of amides is 2. The first-order chi connectivity index (χ1) is 6.72. The maximum Gasteiger partial charge on any atom is 0.246 e. The lowest BCUT2D eigenvalue weighted by Gasteiger charge is -2.28. The van der Waals surface area contributed by atoms with Crippen molar-refractivity contribution in [2.75, 3.05) is 20.6 Å². The van der Waals surface area contributed by atoms with Crippen LogP contribution in [0.15, 0.2) is 0 Å². The molecular formula is C10H18N2O3. The number of carbonyl (C=O) groups excluding carboxylic acids is 2. The highest BCUT2D eigenvalue weighted by molar-refractivity contribution is 6.05. The third kappa shape index (κ3) is 2.76. The van der Waals surface area contributed by atoms with Gasteiger partial charge in [-0.05, 0) is 20.9 Å². The number of nitrogens with zero attached hydrogens (tertiary/aromatic N) is 2. The van der Waals surface area contributed by atoms with E-state index in [0.29, 0.717) is 6.54 Å². The number of rotatable bonds is 3. The molecule has 1 fully saturated rings. The van der Waals surface area contributed by atoms with E-state index in [9.17, 15) is 14.7 Å². The maximum absolute atomic E-state index is 11.6. The Kier molecular flexibility index (Phi) is 3.16. The molecule has 1 saturated heterocycles. The lowest BCUT2D eigenvalue weighted by atomic mass is 10.1. The third-order valence-corrected chi connectivity index (χ3v) is 2.53. The molecule has 1 aliphatic rings. The highest BCUT2D eigenvalue weighted by atomic mass is 16.3. The Morgan fingerprint density at radius 1 is 1.53 bits per heavy atom. The summed E-state index contributed by atoms with van der Waals surface area (Å²) in [6.45, 7) is 3.72. The third-order valence-electron chi connectivity index (χ3n) is 2.53. The van der Waals surface area contributed by atoms with Crippen molar-refractivity contribution in [3.63, 3.8) is 0 Å². The zero-order chi connectivity index (χ0) is 11.8. The summed E-state index contributed by atoms with van der Waals surface area (Å²) in [7, 11) is 3.23. The molecular weight excluding hydrogens is 196 g/mol. The number of hydrogen-bond donors (Lipinski definition) is 1. The van der Waals surface area contributed by atoms with Crippen LogP contribution in [-0.4, -0.2) is 59.0 Å². The SMILES string of the molecule is CN1C(=O)CC(N(C)CC(C)(C)O)C1=O. The first-order valence-corrected chi connectivity index (χ1v) is 4.95. The van der Waals surface area contributed by atoms with Crippen LogP contribution in [0.5, 0.6) is 0 Å². The molecule has 5 nitrogen and oxygen atoms in total. The molecule has 0 aliphatic carbocycles. The molecule has 0 aromatic carbocycles. The Bertz CT molecular complexity index is 283. The number of imide groups is 1. The van der Waals surface area contributed by atoms with Crippen LogP contribution in [0.25, 0.3) is 0 Å². The predicted octanol–water partition coefficient (Wildman–Crippen LogP) is -0.554. The molecule has 0 aromatic heterocycles. The number of hydrogen-bond acceptors (Lipinski definition) is 4. The average molecular weight is 214 g/mol. The van der Waals surface area contributed by atoms with E-state index in [1.54, 1.807) is 25.8 Å². The van der Waals surface area contributed by atoms with E-state index in [1.807, 2.05) is 0 Å². The molecule has 1 heterocycles. The number of carbonyl (C=O) groups is 2. The van der Waals surface area contributed by atoms with Crippen molar-refractivity contribution in [2.24, 2.45) is 0 Å². The van der Waals surface area contributed by atoms with Gasteiger partial charge in [-0.2, -0.15) is 0 Å². The van der Waals surface area contributed by atoms with Crippen molar-refractivity contribution in [3.05, 3.63) is 0 Å². The Hall–Kier alpha value is -0.940. The van der Waals surface area contributed by atoms with Crippen molar-refractivity contribution in [3.8, 4) is 0 Å². The molecule has 0 radical (unpaired) electrons. The molecule has 1 unspecified atom stereocenters. The second kappa shape index (κ2) is 3.90. The van der Waals surface area contributed by atoms with E-state index >= 15 is 0 Å². The van der Waals surface area contributed by atoms with Crippen molar-refractivity contribution in [2.45, 2.75) is 31.9 Å². The summed E-state index contributed by atoms with van der Waals surface area (Å²) in [5.41, 5.74) is -0.862. The van der Waals surface area contributed by atoms with E-state index in [4.69, 9.17) is 0 Å². The molecule has 0 saturated carbocycles. The molecule has 15 heavy (non-hydrogen) atoms. The van der Waals surface area contributed by atoms with Gasteiger partial charge in [-0.3, -0.25) is 19.4 Å². The monoisotopic (exact) mass is 214 g/mol. The number of likely N-dealkylation sites (N-methyl/N-ethyl adjacent to an activating group) is 2. The van der Waals surface area contributed by atoms with Gasteiger partial charge in [0.2, 0.25) is 11.8 Å². The van der Waals surface area contributed by atoms with Crippen LogP contribution in [0, 0.1) is 0 Å². The highest BCUT2D eigenvalue weighted by Gasteiger charge is 2.39. The second-order valence-corrected chi connectivity index (χ2v) is 4.74. The Labute approximate surface area is 89.7 Å². The van der Waals surface area contributed by atoms with Crippen LogP contribution in [0.1, 0.15) is 20.3 Å². The standard InChI is InChI=1S/C10H18N2O3/c1-10(2,15)6-11(3)7-5-8(13)12(4)9(7)14/h7,15H,5-6H2,1-4H3. The summed E-state index contributed by atoms with van der Waals surface area (Å²) >= 11 is 0. The lowest BCUT2D eigenvalue weighted by molar-refractivity contribution is -0.138. The van der Waals surface area contributed by atoms with Gasteiger partial charge in [-0.25, -0.2) is 0 Å². The fourth-order valence-electron chi connectivity index (χ4n) is 1.80. The van der Waals surface area contributed by atoms with Gasteiger partial charge in [0.25, 0.3) is 0 Å². The minimum Gasteiger partial charge on any atom is -0.389 e. The summed E-state index contributed by atoms with van der Waals surface area (Å²) in [6, 6.07) is -0.422. The topological polar surface area (TPSA) is 60.9 Å². The van der Waals surface area contributed by atoms with Crippen LogP contribution < -0.4 is 0 Å². The number of aliphatic hydroxyl groups is 1. The van der Waals surface area contributed by atoms with Gasteiger partial charge in [0, 0.05) is 13.6 Å². The summed E-state index contributed by atoms with van der Waals surface area (Å²) < 4.78 is 0. The van der Waals surface area contributed by atoms with Gasteiger partial charge in [-0.15, -0.1) is 0 Å². The molecule has 2 amide bonds. The first-order valence-electron chi connectivity index (χ1n) is 4.95. The van der Waals surface area contributed by atoms with Crippen LogP contribution in [0.4, 0.5) is 0 Å². The van der Waals surface area contributed by atoms with Crippen LogP contribution in [0.3, 0.4) is 0 Å². The summed E-state index contributed by atoms with van der Waals surface area (Å²) in [5.74, 6) is -0.348. The second-order valence-electron chi connectivity index (χ2n) is 4.74. The summed E-state index contributed by atoms with van der Waals surface area (Å²) in [5, 5.41) is 9.61. The lowest BCUT2D eigenvalue weighted by Crippen LogP contribution is -2.45. The fraction of sp³-hybridized carbons (Fsp3) is 0.800. The van der Waals surface area contributed by atoms with E-state index in [1.165, 1.54) is 7.05 Å². The predicted molar refractivity (Wildman–Crippen MR) is 55.1 cm³/mol. The number of likely N-dealkylation sites (tertiary alicyclic amines) is 1. The van der Waals surface area contributed by atoms with Crippen molar-refractivity contribution >= 4 is 11.8 Å². The average Bonchev–Trinajstić information content (AvgIpc) is 2.30. The Morgan fingerprint density at radius 2 is 2.07 bits per heavy atom. The minimum absolute atomic E-state index is 0.160. The van der Waals surface area contributed by atoms with E-state index in [-0.39, 0.29) is 18.2 Å². The van der Waals surface area contributed by atoms with Crippen molar-refractivity contribution in [1.29, 1.82) is 0 Å². The molecule has 86 valence electrons. The van der Waals surface area contributed by atoms with Crippen LogP contribution in [-0.2, 0) is 9.59 Å².